The summed E-state index contributed by atoms with van der Waals surface area (Å²) in [6.45, 7) is 4.37. The highest BCUT2D eigenvalue weighted by Crippen LogP contribution is 2.12. The second kappa shape index (κ2) is 9.99. The van der Waals surface area contributed by atoms with Gasteiger partial charge < -0.3 is 15.0 Å². The highest BCUT2D eigenvalue weighted by molar-refractivity contribution is 9.10. The lowest BCUT2D eigenvalue weighted by Gasteiger charge is -2.22. The molecule has 0 unspecified atom stereocenters. The fourth-order valence-electron chi connectivity index (χ4n) is 1.92. The number of esters is 1. The van der Waals surface area contributed by atoms with Gasteiger partial charge in [0.15, 0.2) is 0 Å². The first-order chi connectivity index (χ1) is 10.9. The van der Waals surface area contributed by atoms with Crippen LogP contribution in [0.1, 0.15) is 30.6 Å². The molecular formula is C16H21BrN2O4. The molecule has 0 aliphatic carbocycles. The van der Waals surface area contributed by atoms with Crippen LogP contribution in [0.4, 0.5) is 0 Å². The van der Waals surface area contributed by atoms with Crippen LogP contribution < -0.4 is 5.32 Å². The first kappa shape index (κ1) is 19.2. The molecule has 0 saturated carbocycles. The molecule has 1 rings (SSSR count). The quantitative estimate of drug-likeness (QED) is 0.695. The number of carbonyl (C=O) groups excluding carboxylic acids is 3. The third kappa shape index (κ3) is 7.27. The number of rotatable bonds is 8. The molecule has 0 bridgehead atoms. The molecular weight excluding hydrogens is 364 g/mol. The molecule has 0 aromatic heterocycles. The first-order valence-electron chi connectivity index (χ1n) is 7.39. The van der Waals surface area contributed by atoms with Crippen LogP contribution in [-0.4, -0.2) is 48.9 Å². The van der Waals surface area contributed by atoms with Crippen LogP contribution in [0, 0.1) is 0 Å². The fourth-order valence-corrected chi connectivity index (χ4v) is 2.18. The van der Waals surface area contributed by atoms with E-state index in [1.807, 2.05) is 0 Å². The lowest BCUT2D eigenvalue weighted by molar-refractivity contribution is -0.143. The van der Waals surface area contributed by atoms with E-state index in [2.05, 4.69) is 21.2 Å². The largest absolute Gasteiger partial charge is 0.466 e. The molecule has 23 heavy (non-hydrogen) atoms. The highest BCUT2D eigenvalue weighted by atomic mass is 79.9. The van der Waals surface area contributed by atoms with Gasteiger partial charge in [-0.05, 0) is 31.2 Å². The minimum absolute atomic E-state index is 0.121. The lowest BCUT2D eigenvalue weighted by Crippen LogP contribution is -2.39. The number of halogens is 1. The summed E-state index contributed by atoms with van der Waals surface area (Å²) in [7, 11) is 0. The van der Waals surface area contributed by atoms with Gasteiger partial charge in [0.1, 0.15) is 0 Å². The Hall–Kier alpha value is -1.89. The molecule has 0 aliphatic heterocycles. The molecule has 1 N–H and O–H groups in total. The number of ether oxygens (including phenoxy) is 1. The maximum atomic E-state index is 12.5. The van der Waals surface area contributed by atoms with Crippen molar-refractivity contribution in [1.29, 1.82) is 0 Å². The van der Waals surface area contributed by atoms with Crippen LogP contribution in [0.5, 0.6) is 0 Å². The summed E-state index contributed by atoms with van der Waals surface area (Å²) in [5.41, 5.74) is 0.528. The molecule has 0 heterocycles. The van der Waals surface area contributed by atoms with Crippen molar-refractivity contribution in [2.75, 3.05) is 26.2 Å². The van der Waals surface area contributed by atoms with E-state index in [0.717, 1.165) is 4.47 Å². The third-order valence-corrected chi connectivity index (χ3v) is 3.55. The summed E-state index contributed by atoms with van der Waals surface area (Å²) >= 11 is 3.32. The maximum absolute atomic E-state index is 12.5. The monoisotopic (exact) mass is 384 g/mol. The molecule has 1 aromatic carbocycles. The summed E-state index contributed by atoms with van der Waals surface area (Å²) in [4.78, 5) is 36.5. The van der Waals surface area contributed by atoms with Crippen LogP contribution in [0.15, 0.2) is 28.7 Å². The predicted molar refractivity (Wildman–Crippen MR) is 90.0 cm³/mol. The molecule has 2 amide bonds. The van der Waals surface area contributed by atoms with Crippen LogP contribution >= 0.6 is 15.9 Å². The second-order valence-electron chi connectivity index (χ2n) is 4.84. The van der Waals surface area contributed by atoms with Crippen molar-refractivity contribution in [3.8, 4) is 0 Å². The van der Waals surface area contributed by atoms with E-state index >= 15 is 0 Å². The molecule has 6 nitrogen and oxygen atoms in total. The molecule has 7 heteroatoms. The summed E-state index contributed by atoms with van der Waals surface area (Å²) in [6.07, 6.45) is 0.121. The second-order valence-corrected chi connectivity index (χ2v) is 5.75. The minimum Gasteiger partial charge on any atom is -0.466 e. The first-order valence-corrected chi connectivity index (χ1v) is 8.18. The molecule has 0 fully saturated rings. The van der Waals surface area contributed by atoms with E-state index < -0.39 is 0 Å². The van der Waals surface area contributed by atoms with E-state index in [1.165, 1.54) is 11.8 Å². The Morgan fingerprint density at radius 2 is 1.83 bits per heavy atom. The standard InChI is InChI=1S/C16H21BrN2O4/c1-3-23-15(21)8-10-19(11-9-18-12(2)20)16(22)13-4-6-14(17)7-5-13/h4-7H,3,8-11H2,1-2H3,(H,18,20). The van der Waals surface area contributed by atoms with Gasteiger partial charge in [-0.3, -0.25) is 14.4 Å². The average Bonchev–Trinajstić information content (AvgIpc) is 2.50. The van der Waals surface area contributed by atoms with Crippen molar-refractivity contribution in [2.24, 2.45) is 0 Å². The van der Waals surface area contributed by atoms with Crippen LogP contribution in [0.25, 0.3) is 0 Å². The van der Waals surface area contributed by atoms with Crippen LogP contribution in [-0.2, 0) is 14.3 Å². The van der Waals surface area contributed by atoms with Gasteiger partial charge in [0, 0.05) is 36.6 Å². The molecule has 1 aromatic rings. The number of amides is 2. The molecule has 0 aliphatic rings. The van der Waals surface area contributed by atoms with Gasteiger partial charge in [0.05, 0.1) is 13.0 Å². The lowest BCUT2D eigenvalue weighted by atomic mass is 10.2. The number of benzene rings is 1. The van der Waals surface area contributed by atoms with Gasteiger partial charge in [-0.25, -0.2) is 0 Å². The maximum Gasteiger partial charge on any atom is 0.307 e. The topological polar surface area (TPSA) is 75.7 Å². The number of carbonyl (C=O) groups is 3. The molecule has 126 valence electrons. The highest BCUT2D eigenvalue weighted by Gasteiger charge is 2.17. The zero-order valence-corrected chi connectivity index (χ0v) is 14.9. The Morgan fingerprint density at radius 1 is 1.17 bits per heavy atom. The van der Waals surface area contributed by atoms with Crippen molar-refractivity contribution in [3.05, 3.63) is 34.3 Å². The summed E-state index contributed by atoms with van der Waals surface area (Å²) in [5, 5.41) is 2.65. The van der Waals surface area contributed by atoms with Crippen molar-refractivity contribution < 1.29 is 19.1 Å². The predicted octanol–water partition coefficient (Wildman–Crippen LogP) is 1.98. The van der Waals surface area contributed by atoms with E-state index in [4.69, 9.17) is 4.74 Å². The van der Waals surface area contributed by atoms with Gasteiger partial charge >= 0.3 is 5.97 Å². The fraction of sp³-hybridized carbons (Fsp3) is 0.438. The van der Waals surface area contributed by atoms with Gasteiger partial charge in [-0.2, -0.15) is 0 Å². The Kier molecular flexibility index (Phi) is 8.32. The van der Waals surface area contributed by atoms with Crippen LogP contribution in [0.3, 0.4) is 0 Å². The zero-order valence-electron chi connectivity index (χ0n) is 13.3. The molecule has 0 radical (unpaired) electrons. The number of nitrogens with zero attached hydrogens (tertiary/aromatic N) is 1. The van der Waals surface area contributed by atoms with Crippen molar-refractivity contribution >= 4 is 33.7 Å². The van der Waals surface area contributed by atoms with Crippen LogP contribution in [0.2, 0.25) is 0 Å². The normalized spacial score (nSPS) is 10.0. The van der Waals surface area contributed by atoms with Crippen molar-refractivity contribution in [2.45, 2.75) is 20.3 Å². The van der Waals surface area contributed by atoms with Crippen molar-refractivity contribution in [1.82, 2.24) is 10.2 Å². The minimum atomic E-state index is -0.347. The summed E-state index contributed by atoms with van der Waals surface area (Å²) in [5.74, 6) is -0.695. The molecule has 0 spiro atoms. The van der Waals surface area contributed by atoms with E-state index in [-0.39, 0.29) is 30.7 Å². The summed E-state index contributed by atoms with van der Waals surface area (Å²) in [6, 6.07) is 6.99. The number of hydrogen-bond acceptors (Lipinski definition) is 4. The zero-order chi connectivity index (χ0) is 17.2. The third-order valence-electron chi connectivity index (χ3n) is 3.03. The number of nitrogens with one attached hydrogen (secondary N) is 1. The average molecular weight is 385 g/mol. The van der Waals surface area contributed by atoms with Gasteiger partial charge in [-0.1, -0.05) is 15.9 Å². The van der Waals surface area contributed by atoms with Gasteiger partial charge in [0.2, 0.25) is 5.91 Å². The molecule has 0 atom stereocenters. The SMILES string of the molecule is CCOC(=O)CCN(CCNC(C)=O)C(=O)c1ccc(Br)cc1. The Labute approximate surface area is 144 Å². The van der Waals surface area contributed by atoms with Crippen molar-refractivity contribution in [3.63, 3.8) is 0 Å². The Bertz CT molecular complexity index is 546. The summed E-state index contributed by atoms with van der Waals surface area (Å²) < 4.78 is 5.76. The van der Waals surface area contributed by atoms with Gasteiger partial charge in [0.25, 0.3) is 5.91 Å². The Morgan fingerprint density at radius 3 is 2.39 bits per heavy atom. The van der Waals surface area contributed by atoms with Gasteiger partial charge in [-0.15, -0.1) is 0 Å². The van der Waals surface area contributed by atoms with E-state index in [9.17, 15) is 14.4 Å². The van der Waals surface area contributed by atoms with E-state index in [0.29, 0.717) is 25.3 Å². The number of hydrogen-bond donors (Lipinski definition) is 1. The smallest absolute Gasteiger partial charge is 0.307 e. The Balaban J connectivity index is 2.71. The van der Waals surface area contributed by atoms with E-state index in [1.54, 1.807) is 31.2 Å². The molecule has 0 saturated heterocycles.